The van der Waals surface area contributed by atoms with Crippen molar-refractivity contribution >= 4 is 29.7 Å². The maximum Gasteiger partial charge on any atom is 0.260 e. The number of carbonyl (C=O) groups is 2. The Bertz CT molecular complexity index is 1100. The average molecular weight is 507 g/mol. The van der Waals surface area contributed by atoms with Crippen LogP contribution in [0.4, 0.5) is 4.39 Å². The van der Waals surface area contributed by atoms with E-state index < -0.39 is 0 Å². The number of nitrogens with zero attached hydrogens (tertiary/aromatic N) is 1. The van der Waals surface area contributed by atoms with E-state index in [9.17, 15) is 14.0 Å². The number of carbonyl (C=O) groups excluding carboxylic acids is 2. The molecule has 1 N–H and O–H groups in total. The molecule has 1 heterocycles. The predicted octanol–water partition coefficient (Wildman–Crippen LogP) is 6.17. The largest absolute Gasteiger partial charge is 0.353 e. The van der Waals surface area contributed by atoms with Crippen molar-refractivity contribution in [2.75, 3.05) is 0 Å². The first-order valence-corrected chi connectivity index (χ1v) is 14.1. The van der Waals surface area contributed by atoms with E-state index in [0.29, 0.717) is 18.9 Å². The Kier molecular flexibility index (Phi) is 7.80. The summed E-state index contributed by atoms with van der Waals surface area (Å²) in [4.78, 5) is 29.7. The van der Waals surface area contributed by atoms with Crippen molar-refractivity contribution in [1.29, 1.82) is 0 Å². The van der Waals surface area contributed by atoms with E-state index >= 15 is 0 Å². The van der Waals surface area contributed by atoms with Crippen LogP contribution in [0.1, 0.15) is 63.0 Å². The third-order valence-electron chi connectivity index (χ3n) is 8.08. The lowest BCUT2D eigenvalue weighted by Crippen LogP contribution is -2.54. The fraction of sp³-hybridized carbons (Fsp3) is 0.467. The standard InChI is InChI=1S/C30H35FN2O2S/c1-20-7-5-6-10-25(20)32-29(34)23-13-16-27-26(18-23)33(19-22-11-14-24(31)15-12-22)30(35)28(36-27)17-21-8-3-2-4-9-21/h2-4,8-9,11-12,14-15,17,20,23,25-27H,5-7,10,13,16,18-19H2,1H3,(H,32,34)/b28-17-. The van der Waals surface area contributed by atoms with Gasteiger partial charge >= 0.3 is 0 Å². The van der Waals surface area contributed by atoms with E-state index in [-0.39, 0.29) is 40.9 Å². The third kappa shape index (κ3) is 5.69. The highest BCUT2D eigenvalue weighted by molar-refractivity contribution is 8.04. The molecule has 190 valence electrons. The number of hydrogen-bond donors (Lipinski definition) is 1. The van der Waals surface area contributed by atoms with E-state index in [1.54, 1.807) is 23.9 Å². The molecule has 0 radical (unpaired) electrons. The van der Waals surface area contributed by atoms with Crippen molar-refractivity contribution in [2.24, 2.45) is 11.8 Å². The van der Waals surface area contributed by atoms with E-state index in [1.807, 2.05) is 41.3 Å². The topological polar surface area (TPSA) is 49.4 Å². The van der Waals surface area contributed by atoms with Crippen molar-refractivity contribution in [3.8, 4) is 0 Å². The maximum atomic E-state index is 13.8. The molecule has 36 heavy (non-hydrogen) atoms. The summed E-state index contributed by atoms with van der Waals surface area (Å²) < 4.78 is 13.5. The molecular weight excluding hydrogens is 471 g/mol. The van der Waals surface area contributed by atoms with Crippen LogP contribution in [0.15, 0.2) is 59.5 Å². The van der Waals surface area contributed by atoms with E-state index in [2.05, 4.69) is 12.2 Å². The van der Waals surface area contributed by atoms with Crippen LogP contribution in [0.3, 0.4) is 0 Å². The minimum Gasteiger partial charge on any atom is -0.353 e. The summed E-state index contributed by atoms with van der Waals surface area (Å²) in [5, 5.41) is 3.60. The first-order valence-electron chi connectivity index (χ1n) is 13.3. The molecule has 0 bridgehead atoms. The van der Waals surface area contributed by atoms with Gasteiger partial charge in [0.2, 0.25) is 5.91 Å². The Balaban J connectivity index is 1.36. The van der Waals surface area contributed by atoms with Gasteiger partial charge in [-0.3, -0.25) is 9.59 Å². The summed E-state index contributed by atoms with van der Waals surface area (Å²) in [7, 11) is 0. The molecule has 0 aromatic heterocycles. The Morgan fingerprint density at radius 1 is 1.06 bits per heavy atom. The van der Waals surface area contributed by atoms with Crippen LogP contribution >= 0.6 is 11.8 Å². The molecule has 3 fully saturated rings. The number of rotatable bonds is 5. The first-order chi connectivity index (χ1) is 17.5. The molecule has 5 unspecified atom stereocenters. The number of thioether (sulfide) groups is 1. The lowest BCUT2D eigenvalue weighted by molar-refractivity contribution is -0.134. The van der Waals surface area contributed by atoms with Gasteiger partial charge in [0.25, 0.3) is 5.91 Å². The van der Waals surface area contributed by atoms with Crippen LogP contribution in [0.2, 0.25) is 0 Å². The van der Waals surface area contributed by atoms with Gasteiger partial charge in [0, 0.05) is 29.8 Å². The van der Waals surface area contributed by atoms with Gasteiger partial charge in [-0.2, -0.15) is 0 Å². The Hall–Kier alpha value is -2.60. The molecule has 1 aliphatic heterocycles. The number of fused-ring (bicyclic) bond motifs is 1. The highest BCUT2D eigenvalue weighted by Crippen LogP contribution is 2.44. The molecule has 2 amide bonds. The zero-order valence-electron chi connectivity index (χ0n) is 20.9. The number of benzene rings is 2. The smallest absolute Gasteiger partial charge is 0.260 e. The summed E-state index contributed by atoms with van der Waals surface area (Å²) in [6, 6.07) is 16.6. The van der Waals surface area contributed by atoms with Crippen molar-refractivity contribution in [3.63, 3.8) is 0 Å². The van der Waals surface area contributed by atoms with Crippen molar-refractivity contribution < 1.29 is 14.0 Å². The zero-order valence-corrected chi connectivity index (χ0v) is 21.7. The number of hydrogen-bond acceptors (Lipinski definition) is 3. The third-order valence-corrected chi connectivity index (χ3v) is 9.48. The molecule has 2 aliphatic carbocycles. The van der Waals surface area contributed by atoms with Gasteiger partial charge in [-0.25, -0.2) is 4.39 Å². The number of nitrogens with one attached hydrogen (secondary N) is 1. The van der Waals surface area contributed by atoms with Crippen LogP contribution in [-0.2, 0) is 16.1 Å². The maximum absolute atomic E-state index is 13.8. The van der Waals surface area contributed by atoms with Crippen LogP contribution in [0.5, 0.6) is 0 Å². The molecule has 2 saturated carbocycles. The summed E-state index contributed by atoms with van der Waals surface area (Å²) in [6.07, 6.45) is 9.05. The van der Waals surface area contributed by atoms with E-state index in [0.717, 1.165) is 35.3 Å². The molecule has 4 nitrogen and oxygen atoms in total. The fourth-order valence-corrected chi connectivity index (χ4v) is 7.35. The summed E-state index contributed by atoms with van der Waals surface area (Å²) in [6.45, 7) is 2.66. The monoisotopic (exact) mass is 506 g/mol. The average Bonchev–Trinajstić information content (AvgIpc) is 2.89. The minimum atomic E-state index is -0.284. The van der Waals surface area contributed by atoms with Gasteiger partial charge in [-0.1, -0.05) is 62.2 Å². The van der Waals surface area contributed by atoms with E-state index in [4.69, 9.17) is 0 Å². The Labute approximate surface area is 217 Å². The molecule has 5 rings (SSSR count). The molecule has 0 spiro atoms. The lowest BCUT2D eigenvalue weighted by atomic mass is 9.82. The molecule has 5 atom stereocenters. The molecule has 6 heteroatoms. The summed E-state index contributed by atoms with van der Waals surface area (Å²) in [5.41, 5.74) is 1.90. The van der Waals surface area contributed by atoms with Crippen molar-refractivity contribution in [3.05, 3.63) is 76.4 Å². The van der Waals surface area contributed by atoms with Gasteiger partial charge in [0.15, 0.2) is 0 Å². The second-order valence-electron chi connectivity index (χ2n) is 10.6. The van der Waals surface area contributed by atoms with Crippen LogP contribution in [0.25, 0.3) is 6.08 Å². The molecule has 3 aliphatic rings. The number of amides is 2. The fourth-order valence-electron chi connectivity index (χ4n) is 5.93. The second kappa shape index (κ2) is 11.2. The Morgan fingerprint density at radius 3 is 2.56 bits per heavy atom. The summed E-state index contributed by atoms with van der Waals surface area (Å²) >= 11 is 1.66. The molecular formula is C30H35FN2O2S. The van der Waals surface area contributed by atoms with Gasteiger partial charge in [-0.15, -0.1) is 11.8 Å². The van der Waals surface area contributed by atoms with Crippen molar-refractivity contribution in [2.45, 2.75) is 75.7 Å². The van der Waals surface area contributed by atoms with Crippen LogP contribution in [-0.4, -0.2) is 34.0 Å². The highest BCUT2D eigenvalue weighted by Gasteiger charge is 2.44. The van der Waals surface area contributed by atoms with Crippen LogP contribution < -0.4 is 5.32 Å². The molecule has 2 aromatic rings. The lowest BCUT2D eigenvalue weighted by Gasteiger charge is -2.46. The van der Waals surface area contributed by atoms with E-state index in [1.165, 1.54) is 31.4 Å². The normalized spacial score (nSPS) is 29.6. The van der Waals surface area contributed by atoms with Crippen molar-refractivity contribution in [1.82, 2.24) is 10.2 Å². The predicted molar refractivity (Wildman–Crippen MR) is 143 cm³/mol. The molecule has 2 aromatic carbocycles. The number of halogens is 1. The van der Waals surface area contributed by atoms with Gasteiger partial charge in [0.1, 0.15) is 5.82 Å². The zero-order chi connectivity index (χ0) is 25.1. The van der Waals surface area contributed by atoms with Gasteiger partial charge < -0.3 is 10.2 Å². The van der Waals surface area contributed by atoms with Crippen LogP contribution in [0, 0.1) is 17.7 Å². The Morgan fingerprint density at radius 2 is 1.81 bits per heavy atom. The van der Waals surface area contributed by atoms with Gasteiger partial charge in [-0.05, 0) is 67.4 Å². The quantitative estimate of drug-likeness (QED) is 0.493. The second-order valence-corrected chi connectivity index (χ2v) is 11.9. The molecule has 1 saturated heterocycles. The summed E-state index contributed by atoms with van der Waals surface area (Å²) in [5.74, 6) is 0.303. The minimum absolute atomic E-state index is 0.00334. The first kappa shape index (κ1) is 25.1. The van der Waals surface area contributed by atoms with Gasteiger partial charge in [0.05, 0.1) is 4.91 Å². The SMILES string of the molecule is CC1CCCCC1NC(=O)C1CCC2S/C(=C\c3ccccc3)C(=O)N(Cc3ccc(F)cc3)C2C1. The highest BCUT2D eigenvalue weighted by atomic mass is 32.2.